The normalized spacial score (nSPS) is 12.4. The number of unbranched alkanes of at least 4 members (excludes halogenated alkanes) is 12. The van der Waals surface area contributed by atoms with Gasteiger partial charge in [-0.1, -0.05) is 102 Å². The average Bonchev–Trinajstić information content (AvgIpc) is 2.75. The predicted octanol–water partition coefficient (Wildman–Crippen LogP) is 6.42. The highest BCUT2D eigenvalue weighted by Crippen LogP contribution is 2.35. The SMILES string of the molecule is CCCCCCCCCCCCCCCc1ccc(CCP(=O)(O)O)c(C[C@H](N)C(=O)O)c1.Cl. The van der Waals surface area contributed by atoms with Crippen LogP contribution in [0.4, 0.5) is 0 Å². The molecule has 1 atom stereocenters. The van der Waals surface area contributed by atoms with Crippen LogP contribution in [0.5, 0.6) is 0 Å². The lowest BCUT2D eigenvalue weighted by molar-refractivity contribution is -0.138. The maximum absolute atomic E-state index is 11.2. The van der Waals surface area contributed by atoms with Gasteiger partial charge in [-0.3, -0.25) is 9.36 Å². The fourth-order valence-electron chi connectivity index (χ4n) is 4.21. The topological polar surface area (TPSA) is 121 Å². The molecular weight excluding hydrogens is 473 g/mol. The molecule has 0 unspecified atom stereocenters. The van der Waals surface area contributed by atoms with Gasteiger partial charge in [0, 0.05) is 0 Å². The number of nitrogens with two attached hydrogens (primary N) is 1. The smallest absolute Gasteiger partial charge is 0.325 e. The van der Waals surface area contributed by atoms with Crippen LogP contribution in [0.2, 0.25) is 0 Å². The van der Waals surface area contributed by atoms with Crippen LogP contribution in [0, 0.1) is 0 Å². The lowest BCUT2D eigenvalue weighted by Crippen LogP contribution is -2.32. The number of benzene rings is 1. The fraction of sp³-hybridized carbons (Fsp3) is 0.731. The second-order valence-electron chi connectivity index (χ2n) is 9.38. The number of rotatable bonds is 20. The van der Waals surface area contributed by atoms with Crippen molar-refractivity contribution < 1.29 is 24.3 Å². The zero-order chi connectivity index (χ0) is 24.5. The van der Waals surface area contributed by atoms with Crippen LogP contribution in [0.1, 0.15) is 107 Å². The zero-order valence-electron chi connectivity index (χ0n) is 20.9. The third-order valence-corrected chi connectivity index (χ3v) is 7.08. The van der Waals surface area contributed by atoms with Crippen molar-refractivity contribution in [2.75, 3.05) is 6.16 Å². The highest BCUT2D eigenvalue weighted by Gasteiger charge is 2.18. The Hall–Kier alpha value is -0.910. The molecule has 1 rings (SSSR count). The molecule has 198 valence electrons. The monoisotopic (exact) mass is 519 g/mol. The summed E-state index contributed by atoms with van der Waals surface area (Å²) in [6.07, 6.45) is 18.1. The Kier molecular flexibility index (Phi) is 18.8. The third kappa shape index (κ3) is 16.7. The number of carbonyl (C=O) groups is 1. The van der Waals surface area contributed by atoms with Gasteiger partial charge in [-0.15, -0.1) is 12.4 Å². The summed E-state index contributed by atoms with van der Waals surface area (Å²) in [6.45, 7) is 2.25. The van der Waals surface area contributed by atoms with E-state index in [9.17, 15) is 19.1 Å². The van der Waals surface area contributed by atoms with Crippen LogP contribution in [0.3, 0.4) is 0 Å². The molecule has 0 fully saturated rings. The van der Waals surface area contributed by atoms with E-state index in [-0.39, 0.29) is 31.4 Å². The van der Waals surface area contributed by atoms with Crippen LogP contribution in [-0.2, 0) is 28.6 Å². The quantitative estimate of drug-likeness (QED) is 0.116. The molecule has 0 aliphatic carbocycles. The number of hydrogen-bond acceptors (Lipinski definition) is 3. The number of carboxylic acid groups (broad SMARTS) is 1. The summed E-state index contributed by atoms with van der Waals surface area (Å²) in [4.78, 5) is 29.5. The molecule has 6 nitrogen and oxygen atoms in total. The first-order valence-corrected chi connectivity index (χ1v) is 14.7. The van der Waals surface area contributed by atoms with Crippen molar-refractivity contribution in [2.24, 2.45) is 5.73 Å². The molecule has 0 saturated heterocycles. The highest BCUT2D eigenvalue weighted by atomic mass is 35.5. The van der Waals surface area contributed by atoms with Gasteiger partial charge in [0.05, 0.1) is 6.16 Å². The fourth-order valence-corrected chi connectivity index (χ4v) is 4.74. The van der Waals surface area contributed by atoms with E-state index in [4.69, 9.17) is 10.8 Å². The second-order valence-corrected chi connectivity index (χ2v) is 11.2. The number of carboxylic acids is 1. The summed E-state index contributed by atoms with van der Waals surface area (Å²) >= 11 is 0. The first kappa shape index (κ1) is 33.1. The number of aliphatic carboxylic acids is 1. The standard InChI is InChI=1S/C26H46NO5P.ClH/c1-2-3-4-5-6-7-8-9-10-11-12-13-14-15-22-16-17-23(18-19-33(30,31)32)24(20-22)21-25(27)26(28)29;/h16-17,20,25H,2-15,18-19,21,27H2,1H3,(H,28,29)(H2,30,31,32);1H/t25-;/m0./s1. The molecule has 0 aliphatic rings. The third-order valence-electron chi connectivity index (χ3n) is 6.27. The molecule has 1 aromatic rings. The maximum Gasteiger partial charge on any atom is 0.325 e. The molecule has 34 heavy (non-hydrogen) atoms. The van der Waals surface area contributed by atoms with Crippen LogP contribution < -0.4 is 5.73 Å². The molecule has 5 N–H and O–H groups in total. The number of aryl methyl sites for hydroxylation is 2. The van der Waals surface area contributed by atoms with Crippen molar-refractivity contribution in [3.8, 4) is 0 Å². The second kappa shape index (κ2) is 19.3. The van der Waals surface area contributed by atoms with E-state index < -0.39 is 19.6 Å². The minimum absolute atomic E-state index is 0. The van der Waals surface area contributed by atoms with Crippen molar-refractivity contribution in [1.29, 1.82) is 0 Å². The van der Waals surface area contributed by atoms with E-state index in [0.717, 1.165) is 29.5 Å². The summed E-state index contributed by atoms with van der Waals surface area (Å²) in [6, 6.07) is 4.81. The molecular formula is C26H47ClNO5P. The lowest BCUT2D eigenvalue weighted by Gasteiger charge is -2.15. The Bertz CT molecular complexity index is 725. The number of halogens is 1. The largest absolute Gasteiger partial charge is 0.480 e. The summed E-state index contributed by atoms with van der Waals surface area (Å²) in [7, 11) is -4.11. The minimum Gasteiger partial charge on any atom is -0.480 e. The van der Waals surface area contributed by atoms with Gasteiger partial charge in [0.15, 0.2) is 0 Å². The van der Waals surface area contributed by atoms with Gasteiger partial charge in [-0.25, -0.2) is 0 Å². The molecule has 8 heteroatoms. The summed E-state index contributed by atoms with van der Waals surface area (Å²) in [5.74, 6) is -1.07. The van der Waals surface area contributed by atoms with Gasteiger partial charge < -0.3 is 20.6 Å². The van der Waals surface area contributed by atoms with E-state index in [1.807, 2.05) is 18.2 Å². The Morgan fingerprint density at radius 3 is 1.82 bits per heavy atom. The van der Waals surface area contributed by atoms with Crippen LogP contribution in [0.25, 0.3) is 0 Å². The molecule has 0 spiro atoms. The van der Waals surface area contributed by atoms with E-state index in [2.05, 4.69) is 6.92 Å². The molecule has 0 heterocycles. The molecule has 1 aromatic carbocycles. The van der Waals surface area contributed by atoms with Crippen molar-refractivity contribution in [3.05, 3.63) is 34.9 Å². The van der Waals surface area contributed by atoms with E-state index in [1.165, 1.54) is 77.0 Å². The maximum atomic E-state index is 11.2. The van der Waals surface area contributed by atoms with Gasteiger partial charge in [0.25, 0.3) is 0 Å². The Morgan fingerprint density at radius 2 is 1.35 bits per heavy atom. The van der Waals surface area contributed by atoms with Crippen molar-refractivity contribution in [2.45, 2.75) is 116 Å². The van der Waals surface area contributed by atoms with Gasteiger partial charge >= 0.3 is 13.6 Å². The predicted molar refractivity (Wildman–Crippen MR) is 143 cm³/mol. The van der Waals surface area contributed by atoms with Gasteiger partial charge in [-0.05, 0) is 42.4 Å². The van der Waals surface area contributed by atoms with E-state index in [1.54, 1.807) is 0 Å². The van der Waals surface area contributed by atoms with Gasteiger partial charge in [0.2, 0.25) is 0 Å². The van der Waals surface area contributed by atoms with Crippen LogP contribution in [-0.4, -0.2) is 33.1 Å². The molecule has 0 radical (unpaired) electrons. The highest BCUT2D eigenvalue weighted by molar-refractivity contribution is 7.51. The first-order valence-electron chi connectivity index (χ1n) is 12.9. The number of hydrogen-bond donors (Lipinski definition) is 4. The van der Waals surface area contributed by atoms with E-state index in [0.29, 0.717) is 0 Å². The van der Waals surface area contributed by atoms with E-state index >= 15 is 0 Å². The first-order chi connectivity index (χ1) is 15.7. The van der Waals surface area contributed by atoms with Crippen LogP contribution >= 0.6 is 20.0 Å². The molecule has 0 aromatic heterocycles. The summed E-state index contributed by atoms with van der Waals surface area (Å²) < 4.78 is 11.2. The molecule has 0 saturated carbocycles. The Morgan fingerprint density at radius 1 is 0.853 bits per heavy atom. The molecule has 0 aliphatic heterocycles. The van der Waals surface area contributed by atoms with Crippen LogP contribution in [0.15, 0.2) is 18.2 Å². The Balaban J connectivity index is 0.0000109. The average molecular weight is 520 g/mol. The van der Waals surface area contributed by atoms with Crippen molar-refractivity contribution in [3.63, 3.8) is 0 Å². The van der Waals surface area contributed by atoms with Gasteiger partial charge in [0.1, 0.15) is 6.04 Å². The lowest BCUT2D eigenvalue weighted by atomic mass is 9.94. The van der Waals surface area contributed by atoms with Crippen molar-refractivity contribution in [1.82, 2.24) is 0 Å². The zero-order valence-corrected chi connectivity index (χ0v) is 22.6. The minimum atomic E-state index is -4.11. The Labute approximate surface area is 212 Å². The van der Waals surface area contributed by atoms with Crippen molar-refractivity contribution >= 4 is 26.0 Å². The molecule has 0 amide bonds. The molecule has 0 bridgehead atoms. The summed E-state index contributed by atoms with van der Waals surface area (Å²) in [5.41, 5.74) is 8.40. The van der Waals surface area contributed by atoms with Gasteiger partial charge in [-0.2, -0.15) is 0 Å². The summed E-state index contributed by atoms with van der Waals surface area (Å²) in [5, 5.41) is 9.15.